The maximum atomic E-state index is 12.5. The molecule has 1 amide bonds. The van der Waals surface area contributed by atoms with Gasteiger partial charge in [0.2, 0.25) is 5.91 Å². The highest BCUT2D eigenvalue weighted by atomic mass is 32.2. The maximum absolute atomic E-state index is 12.5. The summed E-state index contributed by atoms with van der Waals surface area (Å²) in [6.07, 6.45) is -3.90. The van der Waals surface area contributed by atoms with Gasteiger partial charge in [-0.1, -0.05) is 0 Å². The predicted octanol–water partition coefficient (Wildman–Crippen LogP) is 1.92. The Morgan fingerprint density at radius 1 is 1.40 bits per heavy atom. The molecule has 1 aromatic rings. The standard InChI is InChI=1S/C12H15F3N2O2S/c1-17-11(18)3-2-6-20(19)10-5-4-8(7-9(10)16)12(13,14)15/h4-5,7H,2-3,6,16H2,1H3,(H,17,18). The summed E-state index contributed by atoms with van der Waals surface area (Å²) >= 11 is 0. The molecule has 0 heterocycles. The van der Waals surface area contributed by atoms with Crippen molar-refractivity contribution in [2.24, 2.45) is 0 Å². The van der Waals surface area contributed by atoms with Crippen LogP contribution in [0.1, 0.15) is 18.4 Å². The van der Waals surface area contributed by atoms with Gasteiger partial charge >= 0.3 is 6.18 Å². The average Bonchev–Trinajstić information content (AvgIpc) is 2.37. The van der Waals surface area contributed by atoms with E-state index in [1.807, 2.05) is 0 Å². The molecule has 0 aromatic heterocycles. The van der Waals surface area contributed by atoms with E-state index in [9.17, 15) is 22.2 Å². The highest BCUT2D eigenvalue weighted by Gasteiger charge is 2.31. The van der Waals surface area contributed by atoms with E-state index in [1.165, 1.54) is 7.05 Å². The van der Waals surface area contributed by atoms with Crippen molar-refractivity contribution >= 4 is 22.4 Å². The van der Waals surface area contributed by atoms with Crippen LogP contribution in [-0.2, 0) is 21.8 Å². The summed E-state index contributed by atoms with van der Waals surface area (Å²) in [5.74, 6) is -0.00871. The summed E-state index contributed by atoms with van der Waals surface area (Å²) in [7, 11) is -0.0276. The van der Waals surface area contributed by atoms with E-state index in [-0.39, 0.29) is 28.7 Å². The average molecular weight is 308 g/mol. The Balaban J connectivity index is 2.72. The minimum atomic E-state index is -4.48. The molecule has 1 atom stereocenters. The van der Waals surface area contributed by atoms with Crippen LogP contribution in [0.15, 0.2) is 23.1 Å². The van der Waals surface area contributed by atoms with Crippen LogP contribution in [0.5, 0.6) is 0 Å². The molecule has 0 radical (unpaired) electrons. The lowest BCUT2D eigenvalue weighted by molar-refractivity contribution is -0.137. The van der Waals surface area contributed by atoms with Gasteiger partial charge in [-0.05, 0) is 24.6 Å². The molecule has 0 aliphatic carbocycles. The second kappa shape index (κ2) is 6.74. The molecule has 1 unspecified atom stereocenters. The summed E-state index contributed by atoms with van der Waals surface area (Å²) in [6.45, 7) is 0. The molecule has 112 valence electrons. The lowest BCUT2D eigenvalue weighted by Crippen LogP contribution is -2.18. The molecule has 20 heavy (non-hydrogen) atoms. The highest BCUT2D eigenvalue weighted by Crippen LogP contribution is 2.32. The number of rotatable bonds is 5. The number of nitrogen functional groups attached to an aromatic ring is 1. The molecule has 3 N–H and O–H groups in total. The van der Waals surface area contributed by atoms with E-state index in [2.05, 4.69) is 5.32 Å². The molecule has 0 aliphatic heterocycles. The molecule has 0 saturated heterocycles. The number of carbonyl (C=O) groups excluding carboxylic acids is 1. The number of alkyl halides is 3. The molecule has 0 spiro atoms. The third kappa shape index (κ3) is 4.52. The Morgan fingerprint density at radius 3 is 2.55 bits per heavy atom. The third-order valence-corrected chi connectivity index (χ3v) is 4.12. The fraction of sp³-hybridized carbons (Fsp3) is 0.417. The quantitative estimate of drug-likeness (QED) is 0.816. The molecule has 0 saturated carbocycles. The van der Waals surface area contributed by atoms with Crippen molar-refractivity contribution in [2.45, 2.75) is 23.9 Å². The molecule has 0 aliphatic rings. The van der Waals surface area contributed by atoms with Crippen LogP contribution in [0, 0.1) is 0 Å². The van der Waals surface area contributed by atoms with E-state index < -0.39 is 22.5 Å². The van der Waals surface area contributed by atoms with Crippen molar-refractivity contribution in [3.8, 4) is 0 Å². The second-order valence-corrected chi connectivity index (χ2v) is 5.62. The predicted molar refractivity (Wildman–Crippen MR) is 70.4 cm³/mol. The number of nitrogens with one attached hydrogen (secondary N) is 1. The highest BCUT2D eigenvalue weighted by molar-refractivity contribution is 7.85. The normalized spacial score (nSPS) is 13.0. The van der Waals surface area contributed by atoms with Crippen LogP contribution < -0.4 is 11.1 Å². The topological polar surface area (TPSA) is 72.2 Å². The minimum absolute atomic E-state index is 0.155. The van der Waals surface area contributed by atoms with Crippen molar-refractivity contribution < 1.29 is 22.2 Å². The zero-order valence-corrected chi connectivity index (χ0v) is 11.6. The zero-order chi connectivity index (χ0) is 15.3. The summed E-state index contributed by atoms with van der Waals surface area (Å²) in [5.41, 5.74) is 4.48. The number of benzene rings is 1. The first-order valence-electron chi connectivity index (χ1n) is 5.81. The van der Waals surface area contributed by atoms with Gasteiger partial charge in [0.05, 0.1) is 21.3 Å². The van der Waals surface area contributed by atoms with Crippen molar-refractivity contribution in [3.63, 3.8) is 0 Å². The van der Waals surface area contributed by atoms with Gasteiger partial charge < -0.3 is 11.1 Å². The summed E-state index contributed by atoms with van der Waals surface area (Å²) in [6, 6.07) is 2.74. The van der Waals surface area contributed by atoms with Crippen molar-refractivity contribution in [2.75, 3.05) is 18.5 Å². The van der Waals surface area contributed by atoms with Gasteiger partial charge in [-0.3, -0.25) is 9.00 Å². The van der Waals surface area contributed by atoms with Crippen LogP contribution in [-0.4, -0.2) is 22.9 Å². The molecule has 8 heteroatoms. The molecule has 1 rings (SSSR count). The Bertz CT molecular complexity index is 518. The molecule has 0 bridgehead atoms. The van der Waals surface area contributed by atoms with Crippen molar-refractivity contribution in [1.82, 2.24) is 5.32 Å². The Hall–Kier alpha value is -1.57. The van der Waals surface area contributed by atoms with E-state index >= 15 is 0 Å². The third-order valence-electron chi connectivity index (χ3n) is 2.59. The van der Waals surface area contributed by atoms with Crippen molar-refractivity contribution in [1.29, 1.82) is 0 Å². The molecule has 1 aromatic carbocycles. The van der Waals surface area contributed by atoms with Gasteiger partial charge in [-0.2, -0.15) is 13.2 Å². The molecule has 4 nitrogen and oxygen atoms in total. The number of halogens is 3. The second-order valence-electron chi connectivity index (χ2n) is 4.08. The van der Waals surface area contributed by atoms with Crippen LogP contribution >= 0.6 is 0 Å². The Kier molecular flexibility index (Phi) is 5.55. The first kappa shape index (κ1) is 16.5. The number of anilines is 1. The number of nitrogens with two attached hydrogens (primary N) is 1. The van der Waals surface area contributed by atoms with Gasteiger partial charge in [0, 0.05) is 24.9 Å². The van der Waals surface area contributed by atoms with Gasteiger partial charge in [0.15, 0.2) is 0 Å². The number of hydrogen-bond donors (Lipinski definition) is 2. The monoisotopic (exact) mass is 308 g/mol. The lowest BCUT2D eigenvalue weighted by Gasteiger charge is -2.10. The molecular weight excluding hydrogens is 293 g/mol. The largest absolute Gasteiger partial charge is 0.416 e. The molecule has 0 fully saturated rings. The number of hydrogen-bond acceptors (Lipinski definition) is 3. The Labute approximate surface area is 117 Å². The summed E-state index contributed by atoms with van der Waals surface area (Å²) in [4.78, 5) is 11.2. The van der Waals surface area contributed by atoms with E-state index in [1.54, 1.807) is 0 Å². The van der Waals surface area contributed by atoms with E-state index in [0.29, 0.717) is 6.42 Å². The van der Waals surface area contributed by atoms with Gasteiger partial charge in [0.1, 0.15) is 0 Å². The maximum Gasteiger partial charge on any atom is 0.416 e. The summed E-state index contributed by atoms with van der Waals surface area (Å²) < 4.78 is 49.3. The fourth-order valence-electron chi connectivity index (χ4n) is 1.53. The van der Waals surface area contributed by atoms with E-state index in [0.717, 1.165) is 18.2 Å². The first-order valence-corrected chi connectivity index (χ1v) is 7.13. The number of carbonyl (C=O) groups is 1. The van der Waals surface area contributed by atoms with Crippen LogP contribution in [0.3, 0.4) is 0 Å². The van der Waals surface area contributed by atoms with E-state index in [4.69, 9.17) is 5.73 Å². The SMILES string of the molecule is CNC(=O)CCCS(=O)c1ccc(C(F)(F)F)cc1N. The Morgan fingerprint density at radius 2 is 2.05 bits per heavy atom. The van der Waals surface area contributed by atoms with Gasteiger partial charge in [-0.25, -0.2) is 0 Å². The smallest absolute Gasteiger partial charge is 0.398 e. The van der Waals surface area contributed by atoms with Crippen molar-refractivity contribution in [3.05, 3.63) is 23.8 Å². The van der Waals surface area contributed by atoms with Gasteiger partial charge in [0.25, 0.3) is 0 Å². The lowest BCUT2D eigenvalue weighted by atomic mass is 10.2. The van der Waals surface area contributed by atoms with Gasteiger partial charge in [-0.15, -0.1) is 0 Å². The summed E-state index contributed by atoms with van der Waals surface area (Å²) in [5, 5.41) is 2.43. The first-order chi connectivity index (χ1) is 9.25. The van der Waals surface area contributed by atoms with Crippen LogP contribution in [0.4, 0.5) is 18.9 Å². The molecular formula is C12H15F3N2O2S. The zero-order valence-electron chi connectivity index (χ0n) is 10.8. The fourth-order valence-corrected chi connectivity index (χ4v) is 2.70. The minimum Gasteiger partial charge on any atom is -0.398 e. The van der Waals surface area contributed by atoms with Crippen LogP contribution in [0.25, 0.3) is 0 Å². The van der Waals surface area contributed by atoms with Crippen LogP contribution in [0.2, 0.25) is 0 Å². The number of amides is 1.